The van der Waals surface area contributed by atoms with Crippen LogP contribution in [0.1, 0.15) is 25.6 Å². The second-order valence-electron chi connectivity index (χ2n) is 6.01. The molecule has 1 atom stereocenters. The lowest BCUT2D eigenvalue weighted by molar-refractivity contribution is -0.139. The summed E-state index contributed by atoms with van der Waals surface area (Å²) in [4.78, 5) is 27.0. The van der Waals surface area contributed by atoms with Crippen molar-refractivity contribution < 1.29 is 18.7 Å². The number of benzene rings is 1. The normalized spacial score (nSPS) is 16.5. The Morgan fingerprint density at radius 1 is 1.19 bits per heavy atom. The maximum absolute atomic E-state index is 12.7. The van der Waals surface area contributed by atoms with Crippen molar-refractivity contribution in [3.05, 3.63) is 65.8 Å². The number of urea groups is 1. The van der Waals surface area contributed by atoms with Crippen LogP contribution < -0.4 is 15.5 Å². The van der Waals surface area contributed by atoms with Crippen molar-refractivity contribution in [2.24, 2.45) is 0 Å². The summed E-state index contributed by atoms with van der Waals surface area (Å²) < 4.78 is 10.7. The number of hydrogen-bond donors (Lipinski definition) is 2. The van der Waals surface area contributed by atoms with Crippen LogP contribution in [-0.2, 0) is 9.53 Å². The molecule has 1 aliphatic rings. The molecule has 1 aromatic carbocycles. The monoisotopic (exact) mass is 369 g/mol. The maximum Gasteiger partial charge on any atom is 0.338 e. The van der Waals surface area contributed by atoms with Crippen molar-refractivity contribution in [1.82, 2.24) is 10.6 Å². The second kappa shape index (κ2) is 8.44. The van der Waals surface area contributed by atoms with Crippen molar-refractivity contribution in [3.8, 4) is 0 Å². The summed E-state index contributed by atoms with van der Waals surface area (Å²) in [7, 11) is 0. The van der Waals surface area contributed by atoms with Gasteiger partial charge in [-0.1, -0.05) is 18.2 Å². The van der Waals surface area contributed by atoms with Crippen molar-refractivity contribution >= 4 is 17.7 Å². The summed E-state index contributed by atoms with van der Waals surface area (Å²) in [5, 5.41) is 5.53. The summed E-state index contributed by atoms with van der Waals surface area (Å²) in [6.45, 7) is 5.07. The van der Waals surface area contributed by atoms with Crippen LogP contribution in [0, 0.1) is 0 Å². The molecule has 2 heterocycles. The third kappa shape index (κ3) is 4.13. The van der Waals surface area contributed by atoms with Gasteiger partial charge >= 0.3 is 12.0 Å². The number of anilines is 1. The first-order valence-electron chi connectivity index (χ1n) is 8.95. The molecule has 0 saturated heterocycles. The standard InChI is InChI=1S/C20H23N3O4/c1-3-23(14-9-6-5-7-10-14)13-15-17(19(24)26-4-2)18(22-20(25)21-15)16-11-8-12-27-16/h5-12,18H,3-4,13H2,1-2H3,(H2,21,22,25). The number of hydrogen-bond acceptors (Lipinski definition) is 5. The van der Waals surface area contributed by atoms with Gasteiger partial charge in [0, 0.05) is 12.2 Å². The first-order valence-corrected chi connectivity index (χ1v) is 8.95. The van der Waals surface area contributed by atoms with Crippen LogP contribution in [0.15, 0.2) is 64.4 Å². The van der Waals surface area contributed by atoms with Gasteiger partial charge in [0.2, 0.25) is 0 Å². The number of likely N-dealkylation sites (N-methyl/N-ethyl adjacent to an activating group) is 1. The molecule has 0 radical (unpaired) electrons. The van der Waals surface area contributed by atoms with E-state index in [0.717, 1.165) is 5.69 Å². The average Bonchev–Trinajstić information content (AvgIpc) is 3.21. The van der Waals surface area contributed by atoms with Gasteiger partial charge in [0.05, 0.1) is 30.7 Å². The lowest BCUT2D eigenvalue weighted by Gasteiger charge is -2.31. The quantitative estimate of drug-likeness (QED) is 0.733. The number of carbonyl (C=O) groups is 2. The van der Waals surface area contributed by atoms with Gasteiger partial charge in [-0.05, 0) is 38.1 Å². The molecule has 3 rings (SSSR count). The molecule has 0 aliphatic carbocycles. The maximum atomic E-state index is 12.7. The predicted octanol–water partition coefficient (Wildman–Crippen LogP) is 2.98. The molecule has 0 bridgehead atoms. The number of rotatable bonds is 7. The molecule has 2 amide bonds. The molecular formula is C20H23N3O4. The van der Waals surface area contributed by atoms with Crippen LogP contribution >= 0.6 is 0 Å². The fourth-order valence-corrected chi connectivity index (χ4v) is 3.08. The summed E-state index contributed by atoms with van der Waals surface area (Å²) in [5.74, 6) is -0.00122. The molecule has 7 heteroatoms. The van der Waals surface area contributed by atoms with E-state index in [1.54, 1.807) is 19.1 Å². The fraction of sp³-hybridized carbons (Fsp3) is 0.300. The Kier molecular flexibility index (Phi) is 5.80. The Morgan fingerprint density at radius 2 is 1.96 bits per heavy atom. The molecule has 1 aliphatic heterocycles. The van der Waals surface area contributed by atoms with Crippen molar-refractivity contribution in [2.45, 2.75) is 19.9 Å². The van der Waals surface area contributed by atoms with E-state index in [2.05, 4.69) is 15.5 Å². The highest BCUT2D eigenvalue weighted by molar-refractivity contribution is 5.95. The van der Waals surface area contributed by atoms with Crippen molar-refractivity contribution in [3.63, 3.8) is 0 Å². The molecule has 7 nitrogen and oxygen atoms in total. The molecule has 2 aromatic rings. The molecule has 2 N–H and O–H groups in total. The molecular weight excluding hydrogens is 346 g/mol. The number of amides is 2. The number of furan rings is 1. The summed E-state index contributed by atoms with van der Waals surface area (Å²) in [6, 6.07) is 12.2. The lowest BCUT2D eigenvalue weighted by Crippen LogP contribution is -2.48. The molecule has 0 spiro atoms. The van der Waals surface area contributed by atoms with Crippen LogP contribution in [0.2, 0.25) is 0 Å². The van der Waals surface area contributed by atoms with E-state index in [9.17, 15) is 9.59 Å². The Hall–Kier alpha value is -3.22. The second-order valence-corrected chi connectivity index (χ2v) is 6.01. The Balaban J connectivity index is 2.01. The van der Waals surface area contributed by atoms with E-state index in [1.807, 2.05) is 37.3 Å². The Bertz CT molecular complexity index is 815. The zero-order valence-electron chi connectivity index (χ0n) is 15.4. The number of nitrogens with one attached hydrogen (secondary N) is 2. The summed E-state index contributed by atoms with van der Waals surface area (Å²) >= 11 is 0. The minimum Gasteiger partial charge on any atom is -0.467 e. The lowest BCUT2D eigenvalue weighted by atomic mass is 9.99. The molecule has 1 aromatic heterocycles. The Labute approximate surface area is 158 Å². The first kappa shape index (κ1) is 18.6. The van der Waals surface area contributed by atoms with E-state index >= 15 is 0 Å². The highest BCUT2D eigenvalue weighted by Crippen LogP contribution is 2.29. The Morgan fingerprint density at radius 3 is 2.59 bits per heavy atom. The van der Waals surface area contributed by atoms with Gasteiger partial charge in [0.1, 0.15) is 11.8 Å². The zero-order chi connectivity index (χ0) is 19.2. The smallest absolute Gasteiger partial charge is 0.338 e. The minimum atomic E-state index is -0.697. The minimum absolute atomic E-state index is 0.241. The SMILES string of the molecule is CCOC(=O)C1=C(CN(CC)c2ccccc2)NC(=O)NC1c1ccco1. The predicted molar refractivity (Wildman–Crippen MR) is 101 cm³/mol. The van der Waals surface area contributed by atoms with Crippen LogP contribution in [0.4, 0.5) is 10.5 Å². The number of esters is 1. The first-order chi connectivity index (χ1) is 13.1. The largest absolute Gasteiger partial charge is 0.467 e. The van der Waals surface area contributed by atoms with Gasteiger partial charge in [-0.3, -0.25) is 0 Å². The molecule has 27 heavy (non-hydrogen) atoms. The molecule has 1 unspecified atom stereocenters. The van der Waals surface area contributed by atoms with E-state index in [-0.39, 0.29) is 12.6 Å². The van der Waals surface area contributed by atoms with Crippen molar-refractivity contribution in [1.29, 1.82) is 0 Å². The van der Waals surface area contributed by atoms with Crippen LogP contribution in [-0.4, -0.2) is 31.7 Å². The van der Waals surface area contributed by atoms with Gasteiger partial charge in [-0.25, -0.2) is 9.59 Å². The topological polar surface area (TPSA) is 83.8 Å². The average molecular weight is 369 g/mol. The fourth-order valence-electron chi connectivity index (χ4n) is 3.08. The number of nitrogens with zero attached hydrogens (tertiary/aromatic N) is 1. The van der Waals surface area contributed by atoms with Crippen LogP contribution in [0.25, 0.3) is 0 Å². The highest BCUT2D eigenvalue weighted by Gasteiger charge is 2.35. The van der Waals surface area contributed by atoms with Gasteiger partial charge in [-0.15, -0.1) is 0 Å². The number of para-hydroxylation sites is 1. The third-order valence-corrected chi connectivity index (χ3v) is 4.33. The van der Waals surface area contributed by atoms with Crippen molar-refractivity contribution in [2.75, 3.05) is 24.6 Å². The van der Waals surface area contributed by atoms with E-state index in [4.69, 9.17) is 9.15 Å². The van der Waals surface area contributed by atoms with E-state index < -0.39 is 12.0 Å². The summed E-state index contributed by atoms with van der Waals surface area (Å²) in [5.41, 5.74) is 1.85. The van der Waals surface area contributed by atoms with Gasteiger partial charge in [0.15, 0.2) is 0 Å². The van der Waals surface area contributed by atoms with E-state index in [0.29, 0.717) is 30.1 Å². The highest BCUT2D eigenvalue weighted by atomic mass is 16.5. The van der Waals surface area contributed by atoms with Crippen LogP contribution in [0.5, 0.6) is 0 Å². The zero-order valence-corrected chi connectivity index (χ0v) is 15.4. The van der Waals surface area contributed by atoms with E-state index in [1.165, 1.54) is 6.26 Å². The van der Waals surface area contributed by atoms with Gasteiger partial charge in [0.25, 0.3) is 0 Å². The number of ether oxygens (including phenoxy) is 1. The summed E-state index contributed by atoms with van der Waals surface area (Å²) in [6.07, 6.45) is 1.51. The van der Waals surface area contributed by atoms with Gasteiger partial charge < -0.3 is 24.7 Å². The molecule has 0 fully saturated rings. The third-order valence-electron chi connectivity index (χ3n) is 4.33. The molecule has 0 saturated carbocycles. The number of carbonyl (C=O) groups excluding carboxylic acids is 2. The van der Waals surface area contributed by atoms with Crippen LogP contribution in [0.3, 0.4) is 0 Å². The molecule has 142 valence electrons. The van der Waals surface area contributed by atoms with Gasteiger partial charge in [-0.2, -0.15) is 0 Å².